The van der Waals surface area contributed by atoms with E-state index in [-0.39, 0.29) is 51.0 Å². The van der Waals surface area contributed by atoms with Crippen LogP contribution in [0.25, 0.3) is 22.3 Å². The fourth-order valence-electron chi connectivity index (χ4n) is 4.70. The Morgan fingerprint density at radius 1 is 0.911 bits per heavy atom. The van der Waals surface area contributed by atoms with Crippen LogP contribution in [0.3, 0.4) is 0 Å². The molecule has 16 nitrogen and oxygen atoms in total. The summed E-state index contributed by atoms with van der Waals surface area (Å²) in [4.78, 5) is 23.2. The van der Waals surface area contributed by atoms with E-state index in [0.717, 1.165) is 13.0 Å². The molecule has 1 unspecified atom stereocenters. The van der Waals surface area contributed by atoms with Gasteiger partial charge in [-0.1, -0.05) is 0 Å². The molecule has 1 aliphatic rings. The Bertz CT molecular complexity index is 1540. The first-order chi connectivity index (χ1) is 21.1. The third-order valence-electron chi connectivity index (χ3n) is 6.94. The summed E-state index contributed by atoms with van der Waals surface area (Å²) >= 11 is 0. The number of methoxy groups -OCH3 is 2. The molecule has 1 fully saturated rings. The van der Waals surface area contributed by atoms with Gasteiger partial charge in [0.2, 0.25) is 17.8 Å². The van der Waals surface area contributed by atoms with Crippen molar-refractivity contribution < 1.29 is 78.5 Å². The third-order valence-corrected chi connectivity index (χ3v) is 6.94. The lowest BCUT2D eigenvalue weighted by Crippen LogP contribution is -2.60. The molecule has 3 aromatic rings. The summed E-state index contributed by atoms with van der Waals surface area (Å²) in [6.45, 7) is 0.442. The molecule has 8 N–H and O–H groups in total. The lowest BCUT2D eigenvalue weighted by Gasteiger charge is -2.39. The number of fused-ring (bicyclic) bond motifs is 1. The van der Waals surface area contributed by atoms with Crippen molar-refractivity contribution in [1.29, 1.82) is 0 Å². The number of hydrogen-bond acceptors (Lipinski definition) is 14. The molecule has 2 aromatic carbocycles. The van der Waals surface area contributed by atoms with Crippen molar-refractivity contribution in [2.75, 3.05) is 20.8 Å². The summed E-state index contributed by atoms with van der Waals surface area (Å²) in [6, 6.07) is 6.24. The number of phenols is 3. The van der Waals surface area contributed by atoms with E-state index in [2.05, 4.69) is 0 Å². The highest BCUT2D eigenvalue weighted by atomic mass is 16.7. The van der Waals surface area contributed by atoms with E-state index in [9.17, 15) is 45.3 Å². The molecule has 2 heterocycles. The summed E-state index contributed by atoms with van der Waals surface area (Å²) in [5.41, 5.74) is -1.75. The Hall–Kier alpha value is -4.61. The monoisotopic (exact) mass is 637 g/mol. The second kappa shape index (κ2) is 13.2. The first-order valence-electron chi connectivity index (χ1n) is 13.4. The van der Waals surface area contributed by atoms with Crippen LogP contribution in [0.2, 0.25) is 0 Å². The van der Waals surface area contributed by atoms with Crippen LogP contribution < -0.4 is 14.2 Å². The number of carboxylic acid groups (broad SMARTS) is 1. The molecular formula is C29H33O16+. The van der Waals surface area contributed by atoms with E-state index in [1.807, 2.05) is 0 Å². The number of aromatic hydroxyl groups is 3. The standard InChI is InChI=1S/C29H32O16/c1-29(39,9-21(32)33)10-22(34)42-11-20-24(36)25(37)26(38)28(45-20)44-19-8-14-15(31)6-13(30)7-16(14)43-27(19)12-4-17(40-2)23(35)18(5-12)41-3/h4-8,20,24-26,28,36-39H,9-11H2,1-3H3,(H3-,30,31,32,33,35)/p+1/t20-,24-,25+,26-,28-,29?/m1/s1. The van der Waals surface area contributed by atoms with Gasteiger partial charge in [-0.25, -0.2) is 4.42 Å². The van der Waals surface area contributed by atoms with Crippen molar-refractivity contribution in [1.82, 2.24) is 0 Å². The number of carbonyl (C=O) groups excluding carboxylic acids is 1. The maximum Gasteiger partial charge on any atom is 0.402 e. The Morgan fingerprint density at radius 2 is 1.56 bits per heavy atom. The van der Waals surface area contributed by atoms with E-state index < -0.39 is 73.4 Å². The van der Waals surface area contributed by atoms with Crippen molar-refractivity contribution in [3.8, 4) is 45.8 Å². The molecule has 6 atom stereocenters. The molecular weight excluding hydrogens is 604 g/mol. The molecule has 0 spiro atoms. The fourth-order valence-corrected chi connectivity index (χ4v) is 4.70. The first kappa shape index (κ1) is 33.3. The van der Waals surface area contributed by atoms with Gasteiger partial charge in [0.25, 0.3) is 0 Å². The number of ether oxygens (including phenoxy) is 5. The van der Waals surface area contributed by atoms with Crippen LogP contribution in [0, 0.1) is 0 Å². The van der Waals surface area contributed by atoms with Gasteiger partial charge in [-0.2, -0.15) is 0 Å². The number of aliphatic carboxylic acids is 1. The Labute approximate surface area is 254 Å². The number of hydrogen-bond donors (Lipinski definition) is 8. The zero-order valence-electron chi connectivity index (χ0n) is 24.2. The smallest absolute Gasteiger partial charge is 0.402 e. The topological polar surface area (TPSA) is 253 Å². The second-order valence-corrected chi connectivity index (χ2v) is 10.6. The molecule has 244 valence electrons. The molecule has 1 aliphatic heterocycles. The third kappa shape index (κ3) is 7.38. The molecule has 0 bridgehead atoms. The molecule has 0 radical (unpaired) electrons. The number of benzene rings is 2. The lowest BCUT2D eigenvalue weighted by atomic mass is 9.98. The molecule has 0 aliphatic carbocycles. The van der Waals surface area contributed by atoms with E-state index in [1.165, 1.54) is 38.5 Å². The summed E-state index contributed by atoms with van der Waals surface area (Å²) in [6.07, 6.45) is -10.2. The van der Waals surface area contributed by atoms with Gasteiger partial charge in [0.05, 0.1) is 44.3 Å². The number of aliphatic hydroxyl groups excluding tert-OH is 3. The maximum atomic E-state index is 12.3. The summed E-state index contributed by atoms with van der Waals surface area (Å²) in [7, 11) is 2.59. The number of aliphatic hydroxyl groups is 4. The van der Waals surface area contributed by atoms with E-state index >= 15 is 0 Å². The van der Waals surface area contributed by atoms with E-state index in [1.54, 1.807) is 0 Å². The quantitative estimate of drug-likeness (QED) is 0.107. The molecule has 4 rings (SSSR count). The van der Waals surface area contributed by atoms with Crippen molar-refractivity contribution in [2.45, 2.75) is 56.1 Å². The highest BCUT2D eigenvalue weighted by Gasteiger charge is 2.46. The predicted octanol–water partition coefficient (Wildman–Crippen LogP) is 0.860. The van der Waals surface area contributed by atoms with Crippen molar-refractivity contribution in [3.05, 3.63) is 30.3 Å². The van der Waals surface area contributed by atoms with Gasteiger partial charge in [0, 0.05) is 24.3 Å². The summed E-state index contributed by atoms with van der Waals surface area (Å²) < 4.78 is 33.0. The van der Waals surface area contributed by atoms with Crippen LogP contribution in [0.15, 0.2) is 34.7 Å². The minimum atomic E-state index is -1.92. The normalized spacial score (nSPS) is 22.8. The number of esters is 1. The van der Waals surface area contributed by atoms with Crippen LogP contribution in [0.5, 0.6) is 34.5 Å². The SMILES string of the molecule is COc1cc(-c2[o+]c3cc(O)cc(O)c3cc2O[C@@H]2O[C@H](COC(=O)CC(C)(O)CC(=O)O)[C@@H](O)[C@H](O)[C@H]2O)cc(OC)c1O. The number of carboxylic acids is 1. The average Bonchev–Trinajstić information content (AvgIpc) is 2.95. The maximum absolute atomic E-state index is 12.3. The molecule has 1 aromatic heterocycles. The van der Waals surface area contributed by atoms with Crippen LogP contribution >= 0.6 is 0 Å². The molecule has 16 heteroatoms. The zero-order valence-corrected chi connectivity index (χ0v) is 24.2. The second-order valence-electron chi connectivity index (χ2n) is 10.6. The Kier molecular flexibility index (Phi) is 9.74. The lowest BCUT2D eigenvalue weighted by molar-refractivity contribution is -0.278. The van der Waals surface area contributed by atoms with E-state index in [0.29, 0.717) is 0 Å². The van der Waals surface area contributed by atoms with Crippen LogP contribution in [-0.2, 0) is 19.1 Å². The number of rotatable bonds is 11. The molecule has 0 saturated carbocycles. The van der Waals surface area contributed by atoms with Gasteiger partial charge < -0.3 is 64.5 Å². The first-order valence-corrected chi connectivity index (χ1v) is 13.4. The molecule has 1 saturated heterocycles. The van der Waals surface area contributed by atoms with Gasteiger partial charge >= 0.3 is 23.3 Å². The highest BCUT2D eigenvalue weighted by Crippen LogP contribution is 2.45. The van der Waals surface area contributed by atoms with Crippen molar-refractivity contribution in [3.63, 3.8) is 0 Å². The van der Waals surface area contributed by atoms with Gasteiger partial charge in [0.1, 0.15) is 47.9 Å². The fraction of sp³-hybridized carbons (Fsp3) is 0.414. The number of phenolic OH excluding ortho intramolecular Hbond substituents is 3. The molecule has 45 heavy (non-hydrogen) atoms. The van der Waals surface area contributed by atoms with Crippen LogP contribution in [-0.4, -0.2) is 110 Å². The largest absolute Gasteiger partial charge is 0.507 e. The van der Waals surface area contributed by atoms with Gasteiger partial charge in [0.15, 0.2) is 11.5 Å². The van der Waals surface area contributed by atoms with Gasteiger partial charge in [-0.05, 0) is 6.92 Å². The van der Waals surface area contributed by atoms with Crippen LogP contribution in [0.1, 0.15) is 19.8 Å². The van der Waals surface area contributed by atoms with Gasteiger partial charge in [-0.15, -0.1) is 0 Å². The van der Waals surface area contributed by atoms with Crippen molar-refractivity contribution >= 4 is 22.9 Å². The Morgan fingerprint density at radius 3 is 2.16 bits per heavy atom. The minimum absolute atomic E-state index is 0.00926. The van der Waals surface area contributed by atoms with Gasteiger partial charge in [-0.3, -0.25) is 9.59 Å². The average molecular weight is 638 g/mol. The summed E-state index contributed by atoms with van der Waals surface area (Å²) in [5.74, 6) is -3.79. The minimum Gasteiger partial charge on any atom is -0.507 e. The Balaban J connectivity index is 1.68. The van der Waals surface area contributed by atoms with E-state index in [4.69, 9.17) is 33.2 Å². The van der Waals surface area contributed by atoms with Crippen molar-refractivity contribution in [2.24, 2.45) is 0 Å². The van der Waals surface area contributed by atoms with Crippen LogP contribution in [0.4, 0.5) is 0 Å². The number of carbonyl (C=O) groups is 2. The predicted molar refractivity (Wildman–Crippen MR) is 150 cm³/mol. The highest BCUT2D eigenvalue weighted by molar-refractivity contribution is 5.88. The zero-order chi connectivity index (χ0) is 33.2. The molecule has 0 amide bonds. The summed E-state index contributed by atoms with van der Waals surface area (Å²) in [5, 5.41) is 81.7.